The molecule has 0 saturated heterocycles. The van der Waals surface area contributed by atoms with Crippen molar-refractivity contribution in [2.45, 2.75) is 79.1 Å². The Morgan fingerprint density at radius 2 is 1.62 bits per heavy atom. The van der Waals surface area contributed by atoms with Gasteiger partial charge in [-0.15, -0.1) is 6.58 Å². The summed E-state index contributed by atoms with van der Waals surface area (Å²) in [5.74, 6) is -1.59. The highest BCUT2D eigenvalue weighted by atomic mass is 16.6. The monoisotopic (exact) mass is 342 g/mol. The van der Waals surface area contributed by atoms with E-state index in [0.29, 0.717) is 6.42 Å². The first-order chi connectivity index (χ1) is 10.7. The molecule has 5 heteroatoms. The smallest absolute Gasteiger partial charge is 0.308 e. The van der Waals surface area contributed by atoms with E-state index in [1.165, 1.54) is 0 Å². The maximum atomic E-state index is 12.7. The molecule has 0 radical (unpaired) electrons. The molecule has 0 aliphatic rings. The van der Waals surface area contributed by atoms with Crippen LogP contribution in [0.15, 0.2) is 12.7 Å². The van der Waals surface area contributed by atoms with Crippen LogP contribution in [0.2, 0.25) is 0 Å². The first-order valence-corrected chi connectivity index (χ1v) is 8.47. The van der Waals surface area contributed by atoms with Crippen LogP contribution in [0, 0.1) is 17.3 Å². The molecular weight excluding hydrogens is 308 g/mol. The lowest BCUT2D eigenvalue weighted by Crippen LogP contribution is -2.45. The van der Waals surface area contributed by atoms with Crippen LogP contribution in [-0.2, 0) is 14.3 Å². The second kappa shape index (κ2) is 8.77. The first-order valence-electron chi connectivity index (χ1n) is 8.47. The molecule has 2 N–H and O–H groups in total. The minimum atomic E-state index is -1.18. The minimum absolute atomic E-state index is 0.111. The van der Waals surface area contributed by atoms with Gasteiger partial charge in [0, 0.05) is 5.92 Å². The van der Waals surface area contributed by atoms with Gasteiger partial charge in [0.25, 0.3) is 0 Å². The van der Waals surface area contributed by atoms with Crippen LogP contribution in [0.3, 0.4) is 0 Å². The average molecular weight is 342 g/mol. The highest BCUT2D eigenvalue weighted by Crippen LogP contribution is 2.31. The summed E-state index contributed by atoms with van der Waals surface area (Å²) in [6.45, 7) is 15.5. The van der Waals surface area contributed by atoms with Crippen LogP contribution >= 0.6 is 0 Å². The van der Waals surface area contributed by atoms with Gasteiger partial charge in [-0.05, 0) is 33.1 Å². The summed E-state index contributed by atoms with van der Waals surface area (Å²) in [6.07, 6.45) is 0.0293. The van der Waals surface area contributed by atoms with E-state index in [1.807, 2.05) is 6.92 Å². The Hall–Kier alpha value is -1.20. The lowest BCUT2D eigenvalue weighted by atomic mass is 9.73. The van der Waals surface area contributed by atoms with Gasteiger partial charge in [-0.1, -0.05) is 33.8 Å². The van der Waals surface area contributed by atoms with E-state index in [9.17, 15) is 19.8 Å². The Morgan fingerprint density at radius 1 is 1.12 bits per heavy atom. The number of rotatable bonds is 9. The van der Waals surface area contributed by atoms with Crippen molar-refractivity contribution >= 4 is 11.8 Å². The van der Waals surface area contributed by atoms with Gasteiger partial charge in [-0.2, -0.15) is 0 Å². The van der Waals surface area contributed by atoms with Gasteiger partial charge >= 0.3 is 5.97 Å². The predicted octanol–water partition coefficient (Wildman–Crippen LogP) is 2.88. The van der Waals surface area contributed by atoms with Crippen LogP contribution in [0.25, 0.3) is 0 Å². The number of allylic oxidation sites excluding steroid dienone is 1. The Morgan fingerprint density at radius 3 is 2.04 bits per heavy atom. The average Bonchev–Trinajstić information content (AvgIpc) is 2.42. The zero-order chi connectivity index (χ0) is 19.3. The van der Waals surface area contributed by atoms with Crippen LogP contribution in [-0.4, -0.2) is 39.8 Å². The van der Waals surface area contributed by atoms with E-state index >= 15 is 0 Å². The van der Waals surface area contributed by atoms with Crippen molar-refractivity contribution in [3.8, 4) is 0 Å². The van der Waals surface area contributed by atoms with E-state index in [1.54, 1.807) is 47.6 Å². The number of carbonyl (C=O) groups excluding carboxylic acids is 2. The van der Waals surface area contributed by atoms with Gasteiger partial charge in [-0.25, -0.2) is 0 Å². The number of aliphatic hydroxyl groups is 2. The lowest BCUT2D eigenvalue weighted by Gasteiger charge is -2.34. The number of esters is 1. The van der Waals surface area contributed by atoms with Gasteiger partial charge in [0.05, 0.1) is 24.0 Å². The third kappa shape index (κ3) is 6.73. The van der Waals surface area contributed by atoms with E-state index in [0.717, 1.165) is 0 Å². The third-order valence-corrected chi connectivity index (χ3v) is 4.30. The SMILES string of the molecule is C=CC[C@H](C)[C@@H](O)[C@H](C)C(=O)C(C)(C)[C@H](O)CC(=O)OC(C)(C)C. The number of aliphatic hydroxyl groups excluding tert-OH is 2. The zero-order valence-electron chi connectivity index (χ0n) is 16.1. The summed E-state index contributed by atoms with van der Waals surface area (Å²) in [5, 5.41) is 20.7. The van der Waals surface area contributed by atoms with Crippen molar-refractivity contribution < 1.29 is 24.5 Å². The molecule has 0 aliphatic heterocycles. The third-order valence-electron chi connectivity index (χ3n) is 4.30. The van der Waals surface area contributed by atoms with Crippen molar-refractivity contribution in [3.05, 3.63) is 12.7 Å². The van der Waals surface area contributed by atoms with Crippen LogP contribution in [0.4, 0.5) is 0 Å². The Kier molecular flexibility index (Phi) is 8.33. The van der Waals surface area contributed by atoms with E-state index in [-0.39, 0.29) is 18.1 Å². The van der Waals surface area contributed by atoms with E-state index in [2.05, 4.69) is 6.58 Å². The number of Topliss-reactive ketones (excluding diaryl/α,β-unsaturated/α-hetero) is 1. The fraction of sp³-hybridized carbons (Fsp3) is 0.789. The summed E-state index contributed by atoms with van der Waals surface area (Å²) in [5.41, 5.74) is -1.81. The zero-order valence-corrected chi connectivity index (χ0v) is 16.1. The molecule has 24 heavy (non-hydrogen) atoms. The quantitative estimate of drug-likeness (QED) is 0.497. The Bertz CT molecular complexity index is 447. The Balaban J connectivity index is 4.98. The normalized spacial score (nSPS) is 17.5. The maximum absolute atomic E-state index is 12.7. The van der Waals surface area contributed by atoms with Gasteiger partial charge < -0.3 is 14.9 Å². The molecule has 0 spiro atoms. The summed E-state index contributed by atoms with van der Waals surface area (Å²) in [6, 6.07) is 0. The van der Waals surface area contributed by atoms with Gasteiger partial charge in [0.2, 0.25) is 0 Å². The second-order valence-electron chi connectivity index (χ2n) is 8.17. The molecule has 0 unspecified atom stereocenters. The van der Waals surface area contributed by atoms with E-state index < -0.39 is 35.1 Å². The fourth-order valence-corrected chi connectivity index (χ4v) is 2.60. The molecule has 0 amide bonds. The molecule has 0 rings (SSSR count). The molecule has 0 aromatic carbocycles. The highest BCUT2D eigenvalue weighted by molar-refractivity contribution is 5.87. The topological polar surface area (TPSA) is 83.8 Å². The number of ketones is 1. The van der Waals surface area contributed by atoms with Crippen molar-refractivity contribution in [1.29, 1.82) is 0 Å². The molecule has 0 heterocycles. The summed E-state index contributed by atoms with van der Waals surface area (Å²) >= 11 is 0. The minimum Gasteiger partial charge on any atom is -0.460 e. The molecule has 0 bridgehead atoms. The molecule has 0 fully saturated rings. The van der Waals surface area contributed by atoms with Gasteiger partial charge in [0.15, 0.2) is 0 Å². The largest absolute Gasteiger partial charge is 0.460 e. The molecular formula is C19H34O5. The summed E-state index contributed by atoms with van der Waals surface area (Å²) < 4.78 is 5.19. The summed E-state index contributed by atoms with van der Waals surface area (Å²) in [4.78, 5) is 24.6. The first kappa shape index (κ1) is 22.8. The molecule has 0 aliphatic carbocycles. The van der Waals surface area contributed by atoms with Crippen molar-refractivity contribution in [2.75, 3.05) is 0 Å². The molecule has 0 aromatic rings. The van der Waals surface area contributed by atoms with Crippen LogP contribution < -0.4 is 0 Å². The van der Waals surface area contributed by atoms with Crippen LogP contribution in [0.1, 0.15) is 61.3 Å². The van der Waals surface area contributed by atoms with Gasteiger partial charge in [-0.3, -0.25) is 9.59 Å². The molecule has 140 valence electrons. The number of ether oxygens (including phenoxy) is 1. The fourth-order valence-electron chi connectivity index (χ4n) is 2.60. The maximum Gasteiger partial charge on any atom is 0.308 e. The predicted molar refractivity (Wildman–Crippen MR) is 94.4 cm³/mol. The molecule has 4 atom stereocenters. The standard InChI is InChI=1S/C19H34O5/c1-9-10-12(2)16(22)13(3)17(23)19(7,8)14(20)11-15(21)24-18(4,5)6/h9,12-14,16,20,22H,1,10-11H2,2-8H3/t12-,13-,14+,16+/m0/s1. The molecule has 0 saturated carbocycles. The van der Waals surface area contributed by atoms with Crippen molar-refractivity contribution in [2.24, 2.45) is 17.3 Å². The lowest BCUT2D eigenvalue weighted by molar-refractivity contribution is -0.160. The number of hydrogen-bond acceptors (Lipinski definition) is 5. The second-order valence-corrected chi connectivity index (χ2v) is 8.17. The van der Waals surface area contributed by atoms with E-state index in [4.69, 9.17) is 4.74 Å². The van der Waals surface area contributed by atoms with Crippen molar-refractivity contribution in [1.82, 2.24) is 0 Å². The number of hydrogen-bond donors (Lipinski definition) is 2. The van der Waals surface area contributed by atoms with Crippen molar-refractivity contribution in [3.63, 3.8) is 0 Å². The Labute approximate surface area is 146 Å². The highest BCUT2D eigenvalue weighted by Gasteiger charge is 2.42. The van der Waals surface area contributed by atoms with Gasteiger partial charge in [0.1, 0.15) is 11.4 Å². The number of carbonyl (C=O) groups is 2. The molecule has 0 aromatic heterocycles. The summed E-state index contributed by atoms with van der Waals surface area (Å²) in [7, 11) is 0. The van der Waals surface area contributed by atoms with Crippen LogP contribution in [0.5, 0.6) is 0 Å². The molecule has 5 nitrogen and oxygen atoms in total.